The Morgan fingerprint density at radius 3 is 2.66 bits per heavy atom. The lowest BCUT2D eigenvalue weighted by Crippen LogP contribution is -2.30. The van der Waals surface area contributed by atoms with Crippen LogP contribution < -0.4 is 4.31 Å². The Bertz CT molecular complexity index is 1270. The Kier molecular flexibility index (Phi) is 5.50. The topological polar surface area (TPSA) is 98.1 Å². The fourth-order valence-corrected chi connectivity index (χ4v) is 6.00. The number of carbonyl (C=O) groups excluding carboxylic acids is 1. The second kappa shape index (κ2) is 8.32. The number of rotatable bonds is 8. The number of aromatic nitrogens is 4. The highest BCUT2D eigenvalue weighted by Crippen LogP contribution is 2.41. The molecule has 1 aliphatic heterocycles. The monoisotopic (exact) mass is 469 g/mol. The average Bonchev–Trinajstić information content (AvgIpc) is 3.41. The zero-order valence-corrected chi connectivity index (χ0v) is 19.3. The summed E-state index contributed by atoms with van der Waals surface area (Å²) in [4.78, 5) is 17.0. The van der Waals surface area contributed by atoms with E-state index in [9.17, 15) is 13.2 Å². The molecule has 8 nitrogen and oxygen atoms in total. The van der Waals surface area contributed by atoms with E-state index in [1.807, 2.05) is 18.2 Å². The number of Topliss-reactive ketones (excluding diaryl/α,β-unsaturated/α-hetero) is 1. The maximum Gasteiger partial charge on any atom is 0.234 e. The van der Waals surface area contributed by atoms with Crippen LogP contribution in [-0.4, -0.2) is 52.0 Å². The molecule has 0 unspecified atom stereocenters. The number of nitrogens with zero attached hydrogens (tertiary/aromatic N) is 5. The standard InChI is InChI=1S/C22H23N5O3S2/c1-2-32(29,30)26-12-9-16-13-17(3-6-19(16)26)20(28)14-31-22-25-24-21(27(22)18-4-5-18)15-7-10-23-11-8-15/h3,6-8,10-11,13,18H,2,4-5,9,12,14H2,1H3. The highest BCUT2D eigenvalue weighted by atomic mass is 32.2. The van der Waals surface area contributed by atoms with Gasteiger partial charge in [0, 0.05) is 36.1 Å². The molecule has 1 aromatic carbocycles. The number of thioether (sulfide) groups is 1. The molecule has 1 saturated carbocycles. The molecule has 10 heteroatoms. The molecule has 166 valence electrons. The van der Waals surface area contributed by atoms with Crippen LogP contribution in [0.3, 0.4) is 0 Å². The van der Waals surface area contributed by atoms with Crippen molar-refractivity contribution in [3.8, 4) is 11.4 Å². The van der Waals surface area contributed by atoms with Crippen molar-refractivity contribution in [2.24, 2.45) is 0 Å². The van der Waals surface area contributed by atoms with Crippen LogP contribution in [0.1, 0.15) is 41.7 Å². The number of benzene rings is 1. The van der Waals surface area contributed by atoms with Gasteiger partial charge < -0.3 is 0 Å². The van der Waals surface area contributed by atoms with E-state index in [-0.39, 0.29) is 17.3 Å². The van der Waals surface area contributed by atoms with Crippen molar-refractivity contribution in [3.05, 3.63) is 53.9 Å². The van der Waals surface area contributed by atoms with Crippen molar-refractivity contribution in [1.29, 1.82) is 0 Å². The van der Waals surface area contributed by atoms with E-state index in [0.717, 1.165) is 34.9 Å². The normalized spacial score (nSPS) is 15.7. The largest absolute Gasteiger partial charge is 0.299 e. The van der Waals surface area contributed by atoms with Crippen molar-refractivity contribution >= 4 is 33.3 Å². The molecule has 0 saturated heterocycles. The molecule has 1 fully saturated rings. The molecule has 0 radical (unpaired) electrons. The molecule has 0 atom stereocenters. The van der Waals surface area contributed by atoms with Crippen LogP contribution in [0.5, 0.6) is 0 Å². The van der Waals surface area contributed by atoms with Gasteiger partial charge in [-0.25, -0.2) is 8.42 Å². The third kappa shape index (κ3) is 3.93. The average molecular weight is 470 g/mol. The lowest BCUT2D eigenvalue weighted by molar-refractivity contribution is 0.102. The van der Waals surface area contributed by atoms with Gasteiger partial charge >= 0.3 is 0 Å². The number of anilines is 1. The summed E-state index contributed by atoms with van der Waals surface area (Å²) < 4.78 is 28.1. The van der Waals surface area contributed by atoms with E-state index in [0.29, 0.717) is 30.3 Å². The van der Waals surface area contributed by atoms with Gasteiger partial charge in [-0.2, -0.15) is 0 Å². The Morgan fingerprint density at radius 2 is 1.94 bits per heavy atom. The summed E-state index contributed by atoms with van der Waals surface area (Å²) in [5, 5.41) is 9.47. The molecule has 5 rings (SSSR count). The van der Waals surface area contributed by atoms with E-state index in [4.69, 9.17) is 0 Å². The minimum absolute atomic E-state index is 0.00888. The Morgan fingerprint density at radius 1 is 1.16 bits per heavy atom. The third-order valence-corrected chi connectivity index (χ3v) is 8.53. The zero-order valence-electron chi connectivity index (χ0n) is 17.6. The van der Waals surface area contributed by atoms with Crippen molar-refractivity contribution < 1.29 is 13.2 Å². The van der Waals surface area contributed by atoms with Gasteiger partial charge in [0.25, 0.3) is 0 Å². The van der Waals surface area contributed by atoms with Crippen molar-refractivity contribution in [2.45, 2.75) is 37.4 Å². The van der Waals surface area contributed by atoms with Gasteiger partial charge in [-0.15, -0.1) is 10.2 Å². The number of hydrogen-bond acceptors (Lipinski definition) is 7. The summed E-state index contributed by atoms with van der Waals surface area (Å²) in [6.45, 7) is 2.07. The number of fused-ring (bicyclic) bond motifs is 1. The summed E-state index contributed by atoms with van der Waals surface area (Å²) in [5.41, 5.74) is 3.15. The number of carbonyl (C=O) groups is 1. The quantitative estimate of drug-likeness (QED) is 0.368. The van der Waals surface area contributed by atoms with Gasteiger partial charge in [-0.1, -0.05) is 11.8 Å². The van der Waals surface area contributed by atoms with E-state index >= 15 is 0 Å². The molecule has 0 N–H and O–H groups in total. The van der Waals surface area contributed by atoms with Crippen LogP contribution in [0, 0.1) is 0 Å². The second-order valence-electron chi connectivity index (χ2n) is 7.92. The summed E-state index contributed by atoms with van der Waals surface area (Å²) in [7, 11) is -3.30. The van der Waals surface area contributed by atoms with Crippen LogP contribution in [0.2, 0.25) is 0 Å². The van der Waals surface area contributed by atoms with Crippen molar-refractivity contribution in [1.82, 2.24) is 19.7 Å². The molecule has 0 spiro atoms. The summed E-state index contributed by atoms with van der Waals surface area (Å²) in [6, 6.07) is 9.50. The maximum absolute atomic E-state index is 12.9. The molecule has 1 aliphatic carbocycles. The first-order valence-electron chi connectivity index (χ1n) is 10.6. The van der Waals surface area contributed by atoms with Crippen molar-refractivity contribution in [2.75, 3.05) is 22.4 Å². The molecule has 0 bridgehead atoms. The van der Waals surface area contributed by atoms with Gasteiger partial charge in [0.2, 0.25) is 10.0 Å². The SMILES string of the molecule is CCS(=O)(=O)N1CCc2cc(C(=O)CSc3nnc(-c4ccncc4)n3C3CC3)ccc21. The van der Waals surface area contributed by atoms with Gasteiger partial charge in [0.15, 0.2) is 16.8 Å². The lowest BCUT2D eigenvalue weighted by Gasteiger charge is -2.18. The van der Waals surface area contributed by atoms with E-state index < -0.39 is 10.0 Å². The minimum Gasteiger partial charge on any atom is -0.299 e. The fourth-order valence-electron chi connectivity index (χ4n) is 3.94. The van der Waals surface area contributed by atoms with Crippen LogP contribution in [0.15, 0.2) is 47.9 Å². The van der Waals surface area contributed by atoms with Gasteiger partial charge in [0.05, 0.1) is 17.2 Å². The maximum atomic E-state index is 12.9. The first-order chi connectivity index (χ1) is 15.5. The van der Waals surface area contributed by atoms with Crippen LogP contribution in [-0.2, 0) is 16.4 Å². The zero-order chi connectivity index (χ0) is 22.3. The molecule has 0 amide bonds. The summed E-state index contributed by atoms with van der Waals surface area (Å²) in [5.74, 6) is 1.11. The lowest BCUT2D eigenvalue weighted by atomic mass is 10.1. The number of hydrogen-bond donors (Lipinski definition) is 0. The van der Waals surface area contributed by atoms with Crippen LogP contribution in [0.25, 0.3) is 11.4 Å². The molecule has 32 heavy (non-hydrogen) atoms. The van der Waals surface area contributed by atoms with Gasteiger partial charge in [-0.3, -0.25) is 18.7 Å². The van der Waals surface area contributed by atoms with Crippen LogP contribution in [0.4, 0.5) is 5.69 Å². The minimum atomic E-state index is -3.30. The molecule has 3 aromatic rings. The van der Waals surface area contributed by atoms with Crippen molar-refractivity contribution in [3.63, 3.8) is 0 Å². The third-order valence-electron chi connectivity index (χ3n) is 5.80. The molecule has 2 aromatic heterocycles. The van der Waals surface area contributed by atoms with E-state index in [1.165, 1.54) is 16.1 Å². The number of ketones is 1. The number of sulfonamides is 1. The van der Waals surface area contributed by atoms with E-state index in [2.05, 4.69) is 19.7 Å². The first-order valence-corrected chi connectivity index (χ1v) is 13.2. The molecule has 3 heterocycles. The van der Waals surface area contributed by atoms with Gasteiger partial charge in [-0.05, 0) is 62.1 Å². The highest BCUT2D eigenvalue weighted by molar-refractivity contribution is 7.99. The van der Waals surface area contributed by atoms with Crippen LogP contribution >= 0.6 is 11.8 Å². The summed E-state index contributed by atoms with van der Waals surface area (Å²) >= 11 is 1.39. The number of pyridine rings is 1. The van der Waals surface area contributed by atoms with Gasteiger partial charge in [0.1, 0.15) is 0 Å². The molecule has 2 aliphatic rings. The van der Waals surface area contributed by atoms with E-state index in [1.54, 1.807) is 31.5 Å². The molecular weight excluding hydrogens is 446 g/mol. The summed E-state index contributed by atoms with van der Waals surface area (Å²) in [6.07, 6.45) is 6.25. The Hall–Kier alpha value is -2.72. The fraction of sp³-hybridized carbons (Fsp3) is 0.364. The Balaban J connectivity index is 1.33. The predicted molar refractivity (Wildman–Crippen MR) is 124 cm³/mol. The predicted octanol–water partition coefficient (Wildman–Crippen LogP) is 3.36. The highest BCUT2D eigenvalue weighted by Gasteiger charge is 2.31. The smallest absolute Gasteiger partial charge is 0.234 e. The second-order valence-corrected chi connectivity index (χ2v) is 11.0. The Labute approximate surface area is 191 Å². The molecular formula is C22H23N5O3S2. The first kappa shape index (κ1) is 21.1.